The van der Waals surface area contributed by atoms with Gasteiger partial charge in [-0.25, -0.2) is 13.0 Å². The predicted octanol–water partition coefficient (Wildman–Crippen LogP) is 3.23. The topological polar surface area (TPSA) is 78.1 Å². The Labute approximate surface area is 165 Å². The highest BCUT2D eigenvalue weighted by atomic mass is 32.2. The van der Waals surface area contributed by atoms with Crippen LogP contribution >= 0.6 is 0 Å². The van der Waals surface area contributed by atoms with E-state index in [2.05, 4.69) is 18.2 Å². The Hall–Kier alpha value is -3.09. The van der Waals surface area contributed by atoms with Crippen LogP contribution in [0.2, 0.25) is 0 Å². The van der Waals surface area contributed by atoms with E-state index in [0.29, 0.717) is 11.1 Å². The zero-order chi connectivity index (χ0) is 20.4. The number of aryl methyl sites for hydroxylation is 1. The predicted molar refractivity (Wildman–Crippen MR) is 108 cm³/mol. The molecule has 0 saturated carbocycles. The first-order chi connectivity index (χ1) is 13.4. The van der Waals surface area contributed by atoms with Gasteiger partial charge >= 0.3 is 0 Å². The monoisotopic (exact) mass is 395 g/mol. The number of nitrogens with zero attached hydrogens (tertiary/aromatic N) is 1. The van der Waals surface area contributed by atoms with E-state index in [1.54, 1.807) is 30.3 Å². The molecule has 2 aromatic carbocycles. The lowest BCUT2D eigenvalue weighted by atomic mass is 10.1. The SMILES string of the molecule is C[n+]1ccc(C=Cc2ccc(C=O)cc2)cc1.O=S(=O)([O-])Cc1ccccc1. The highest BCUT2D eigenvalue weighted by Gasteiger charge is 1.96. The molecule has 1 heterocycles. The molecule has 28 heavy (non-hydrogen) atoms. The Morgan fingerprint density at radius 1 is 0.821 bits per heavy atom. The maximum absolute atomic E-state index is 10.5. The fourth-order valence-electron chi connectivity index (χ4n) is 2.28. The lowest BCUT2D eigenvalue weighted by Gasteiger charge is -2.05. The summed E-state index contributed by atoms with van der Waals surface area (Å²) in [6, 6.07) is 20.0. The van der Waals surface area contributed by atoms with Crippen molar-refractivity contribution in [2.24, 2.45) is 7.05 Å². The first-order valence-corrected chi connectivity index (χ1v) is 10.1. The minimum Gasteiger partial charge on any atom is -0.748 e. The van der Waals surface area contributed by atoms with Crippen LogP contribution in [-0.2, 0) is 22.9 Å². The first kappa shape index (κ1) is 21.2. The van der Waals surface area contributed by atoms with Gasteiger partial charge in [0.15, 0.2) is 12.4 Å². The molecule has 3 aromatic rings. The number of rotatable bonds is 5. The Morgan fingerprint density at radius 2 is 1.32 bits per heavy atom. The summed E-state index contributed by atoms with van der Waals surface area (Å²) in [6.45, 7) is 0. The van der Waals surface area contributed by atoms with Crippen molar-refractivity contribution in [2.45, 2.75) is 5.75 Å². The summed E-state index contributed by atoms with van der Waals surface area (Å²) in [5.41, 5.74) is 3.47. The van der Waals surface area contributed by atoms with Crippen LogP contribution in [0.5, 0.6) is 0 Å². The van der Waals surface area contributed by atoms with E-state index in [0.717, 1.165) is 17.4 Å². The molecular weight excluding hydrogens is 374 g/mol. The Kier molecular flexibility index (Phi) is 7.80. The summed E-state index contributed by atoms with van der Waals surface area (Å²) >= 11 is 0. The van der Waals surface area contributed by atoms with E-state index in [1.807, 2.05) is 54.3 Å². The molecule has 6 heteroatoms. The smallest absolute Gasteiger partial charge is 0.169 e. The van der Waals surface area contributed by atoms with Crippen LogP contribution in [0.15, 0.2) is 79.1 Å². The molecule has 0 fully saturated rings. The molecule has 0 radical (unpaired) electrons. The van der Waals surface area contributed by atoms with Gasteiger partial charge in [0.1, 0.15) is 13.3 Å². The Morgan fingerprint density at radius 3 is 1.82 bits per heavy atom. The van der Waals surface area contributed by atoms with Gasteiger partial charge in [-0.1, -0.05) is 66.7 Å². The lowest BCUT2D eigenvalue weighted by molar-refractivity contribution is -0.671. The molecule has 3 rings (SSSR count). The third-order valence-corrected chi connectivity index (χ3v) is 4.42. The number of hydrogen-bond acceptors (Lipinski definition) is 4. The van der Waals surface area contributed by atoms with Gasteiger partial charge in [-0.2, -0.15) is 0 Å². The molecule has 0 spiro atoms. The average Bonchev–Trinajstić information content (AvgIpc) is 2.68. The molecule has 0 saturated heterocycles. The van der Waals surface area contributed by atoms with E-state index in [-0.39, 0.29) is 0 Å². The van der Waals surface area contributed by atoms with Crippen LogP contribution in [-0.4, -0.2) is 19.3 Å². The normalized spacial score (nSPS) is 10.9. The second-order valence-electron chi connectivity index (χ2n) is 6.10. The minimum absolute atomic E-state index is 0.423. The number of aromatic nitrogens is 1. The van der Waals surface area contributed by atoms with Crippen molar-refractivity contribution in [3.05, 3.63) is 101 Å². The van der Waals surface area contributed by atoms with E-state index < -0.39 is 15.9 Å². The van der Waals surface area contributed by atoms with Gasteiger partial charge < -0.3 is 4.55 Å². The van der Waals surface area contributed by atoms with Crippen LogP contribution in [0.25, 0.3) is 12.2 Å². The number of benzene rings is 2. The highest BCUT2D eigenvalue weighted by molar-refractivity contribution is 7.84. The van der Waals surface area contributed by atoms with Crippen LogP contribution in [0.3, 0.4) is 0 Å². The van der Waals surface area contributed by atoms with Crippen LogP contribution in [0.4, 0.5) is 0 Å². The third kappa shape index (κ3) is 8.07. The van der Waals surface area contributed by atoms with Crippen LogP contribution < -0.4 is 4.57 Å². The maximum Gasteiger partial charge on any atom is 0.169 e. The summed E-state index contributed by atoms with van der Waals surface area (Å²) < 4.78 is 32.7. The molecule has 0 atom stereocenters. The van der Waals surface area contributed by atoms with E-state index in [9.17, 15) is 17.8 Å². The highest BCUT2D eigenvalue weighted by Crippen LogP contribution is 2.08. The largest absolute Gasteiger partial charge is 0.748 e. The molecule has 0 aliphatic rings. The lowest BCUT2D eigenvalue weighted by Crippen LogP contribution is -2.25. The summed E-state index contributed by atoms with van der Waals surface area (Å²) in [4.78, 5) is 10.5. The molecule has 0 N–H and O–H groups in total. The zero-order valence-corrected chi connectivity index (χ0v) is 16.2. The molecule has 144 valence electrons. The van der Waals surface area contributed by atoms with Gasteiger partial charge in [0, 0.05) is 17.7 Å². The van der Waals surface area contributed by atoms with Gasteiger partial charge in [-0.05, 0) is 16.7 Å². The number of hydrogen-bond donors (Lipinski definition) is 0. The van der Waals surface area contributed by atoms with E-state index in [1.165, 1.54) is 0 Å². The molecule has 0 bridgehead atoms. The van der Waals surface area contributed by atoms with E-state index in [4.69, 9.17) is 0 Å². The summed E-state index contributed by atoms with van der Waals surface area (Å²) in [5.74, 6) is -0.423. The molecule has 0 aliphatic carbocycles. The second-order valence-corrected chi connectivity index (χ2v) is 7.51. The Bertz CT molecular complexity index is 1010. The van der Waals surface area contributed by atoms with Crippen molar-refractivity contribution < 1.29 is 22.3 Å². The summed E-state index contributed by atoms with van der Waals surface area (Å²) in [7, 11) is -2.14. The quantitative estimate of drug-likeness (QED) is 0.377. The van der Waals surface area contributed by atoms with Crippen molar-refractivity contribution in [2.75, 3.05) is 0 Å². The second kappa shape index (κ2) is 10.3. The fraction of sp³-hybridized carbons (Fsp3) is 0.0909. The molecule has 1 aromatic heterocycles. The Balaban J connectivity index is 0.000000221. The van der Waals surface area contributed by atoms with Crippen molar-refractivity contribution in [1.29, 1.82) is 0 Å². The number of carbonyl (C=O) groups excluding carboxylic acids is 1. The molecule has 0 amide bonds. The minimum atomic E-state index is -4.13. The molecular formula is C22H21NO4S. The van der Waals surface area contributed by atoms with Gasteiger partial charge in [-0.15, -0.1) is 0 Å². The maximum atomic E-state index is 10.5. The first-order valence-electron chi connectivity index (χ1n) is 8.52. The summed E-state index contributed by atoms with van der Waals surface area (Å²) in [6.07, 6.45) is 8.95. The van der Waals surface area contributed by atoms with Gasteiger partial charge in [0.05, 0.1) is 15.9 Å². The van der Waals surface area contributed by atoms with Gasteiger partial charge in [0.2, 0.25) is 0 Å². The number of carbonyl (C=O) groups is 1. The van der Waals surface area contributed by atoms with Gasteiger partial charge in [0.25, 0.3) is 0 Å². The van der Waals surface area contributed by atoms with Crippen LogP contribution in [0.1, 0.15) is 27.0 Å². The van der Waals surface area contributed by atoms with E-state index >= 15 is 0 Å². The van der Waals surface area contributed by atoms with Crippen molar-refractivity contribution in [3.8, 4) is 0 Å². The van der Waals surface area contributed by atoms with Crippen molar-refractivity contribution in [1.82, 2.24) is 0 Å². The standard InChI is InChI=1S/C15H14NO.C7H8O3S/c1-16-10-8-14(9-11-16)3-2-13-4-6-15(12-17)7-5-13;8-11(9,10)6-7-4-2-1-3-5-7/h2-12H,1H3;1-5H,6H2,(H,8,9,10)/q+1;/p-1. The number of pyridine rings is 1. The van der Waals surface area contributed by atoms with Crippen molar-refractivity contribution >= 4 is 28.6 Å². The molecule has 5 nitrogen and oxygen atoms in total. The summed E-state index contributed by atoms with van der Waals surface area (Å²) in [5, 5.41) is 0. The molecule has 0 aliphatic heterocycles. The molecule has 0 unspecified atom stereocenters. The fourth-order valence-corrected chi connectivity index (χ4v) is 2.88. The van der Waals surface area contributed by atoms with Gasteiger partial charge in [-0.3, -0.25) is 4.79 Å². The third-order valence-electron chi connectivity index (χ3n) is 3.73. The van der Waals surface area contributed by atoms with Crippen molar-refractivity contribution in [3.63, 3.8) is 0 Å². The van der Waals surface area contributed by atoms with Crippen LogP contribution in [0, 0.1) is 0 Å². The number of aldehydes is 1. The average molecular weight is 395 g/mol. The zero-order valence-electron chi connectivity index (χ0n) is 15.4.